The molecular weight excluding hydrogens is 440 g/mol. The van der Waals surface area contributed by atoms with Gasteiger partial charge < -0.3 is 19.7 Å². The Labute approximate surface area is 186 Å². The molecule has 7 nitrogen and oxygen atoms in total. The van der Waals surface area contributed by atoms with Crippen molar-refractivity contribution in [3.05, 3.63) is 64.2 Å². The van der Waals surface area contributed by atoms with Gasteiger partial charge in [-0.1, -0.05) is 18.2 Å². The quantitative estimate of drug-likeness (QED) is 0.587. The molecule has 3 heterocycles. The van der Waals surface area contributed by atoms with Crippen LogP contribution in [0.25, 0.3) is 11.5 Å². The van der Waals surface area contributed by atoms with Crippen molar-refractivity contribution in [2.45, 2.75) is 31.4 Å². The van der Waals surface area contributed by atoms with Gasteiger partial charge in [-0.05, 0) is 42.0 Å². The largest absolute Gasteiger partial charge is 0.444 e. The molecule has 1 fully saturated rings. The average Bonchev–Trinajstić information content (AvgIpc) is 3.51. The first-order valence-electron chi connectivity index (χ1n) is 10.1. The normalized spacial score (nSPS) is 15.0. The first kappa shape index (κ1) is 22.1. The molecule has 1 aromatic carbocycles. The van der Waals surface area contributed by atoms with Crippen molar-refractivity contribution in [2.75, 3.05) is 13.1 Å². The third-order valence-electron chi connectivity index (χ3n) is 5.24. The molecule has 168 valence electrons. The van der Waals surface area contributed by atoms with E-state index in [1.807, 2.05) is 0 Å². The van der Waals surface area contributed by atoms with Crippen LogP contribution in [0, 0.1) is 0 Å². The van der Waals surface area contributed by atoms with Gasteiger partial charge in [-0.15, -0.1) is 11.3 Å². The standard InChI is InChI=1S/C22H21F2N3O4S/c23-22(24,18-2-1-11-32-18)21(30)25-12-14-3-5-15(6-4-14)19-26-17(13-31-19)20(29)27-9-7-16(28)8-10-27/h1-6,11,13,16,28H,7-10,12H2,(H,25,30). The van der Waals surface area contributed by atoms with Crippen molar-refractivity contribution < 1.29 is 27.9 Å². The van der Waals surface area contributed by atoms with Crippen LogP contribution in [0.15, 0.2) is 52.5 Å². The minimum atomic E-state index is -3.58. The number of piperidine rings is 1. The minimum absolute atomic E-state index is 0.0593. The molecule has 0 bridgehead atoms. The molecule has 1 saturated heterocycles. The highest BCUT2D eigenvalue weighted by molar-refractivity contribution is 7.10. The fourth-order valence-electron chi connectivity index (χ4n) is 3.36. The number of aromatic nitrogens is 1. The van der Waals surface area contributed by atoms with Crippen LogP contribution in [0.5, 0.6) is 0 Å². The summed E-state index contributed by atoms with van der Waals surface area (Å²) in [4.78, 5) is 30.0. The second kappa shape index (κ2) is 9.17. The maximum absolute atomic E-state index is 14.1. The summed E-state index contributed by atoms with van der Waals surface area (Å²) in [6, 6.07) is 9.38. The van der Waals surface area contributed by atoms with E-state index in [0.717, 1.165) is 11.3 Å². The van der Waals surface area contributed by atoms with Crippen LogP contribution in [0.2, 0.25) is 0 Å². The van der Waals surface area contributed by atoms with Crippen molar-refractivity contribution in [1.82, 2.24) is 15.2 Å². The number of nitrogens with zero attached hydrogens (tertiary/aromatic N) is 2. The highest BCUT2D eigenvalue weighted by Crippen LogP contribution is 2.31. The van der Waals surface area contributed by atoms with Crippen LogP contribution in [0.3, 0.4) is 0 Å². The van der Waals surface area contributed by atoms with Crippen molar-refractivity contribution in [3.8, 4) is 11.5 Å². The lowest BCUT2D eigenvalue weighted by Gasteiger charge is -2.28. The van der Waals surface area contributed by atoms with E-state index in [1.165, 1.54) is 23.8 Å². The van der Waals surface area contributed by atoms with Gasteiger partial charge >= 0.3 is 5.92 Å². The number of thiophene rings is 1. The van der Waals surface area contributed by atoms with Gasteiger partial charge in [0.15, 0.2) is 5.69 Å². The monoisotopic (exact) mass is 461 g/mol. The molecule has 1 aliphatic rings. The Balaban J connectivity index is 1.36. The Morgan fingerprint density at radius 2 is 1.94 bits per heavy atom. The third-order valence-corrected chi connectivity index (χ3v) is 6.18. The molecule has 2 amide bonds. The van der Waals surface area contributed by atoms with Gasteiger partial charge in [-0.25, -0.2) is 4.98 Å². The zero-order valence-electron chi connectivity index (χ0n) is 17.0. The fraction of sp³-hybridized carbons (Fsp3) is 0.318. The molecule has 0 atom stereocenters. The molecular formula is C22H21F2N3O4S. The lowest BCUT2D eigenvalue weighted by atomic mass is 10.1. The summed E-state index contributed by atoms with van der Waals surface area (Å²) < 4.78 is 33.7. The van der Waals surface area contributed by atoms with E-state index < -0.39 is 11.8 Å². The van der Waals surface area contributed by atoms with Crippen molar-refractivity contribution in [3.63, 3.8) is 0 Å². The number of nitrogens with one attached hydrogen (secondary N) is 1. The first-order chi connectivity index (χ1) is 15.3. The Morgan fingerprint density at radius 1 is 1.22 bits per heavy atom. The number of aliphatic hydroxyl groups is 1. The number of likely N-dealkylation sites (tertiary alicyclic amines) is 1. The SMILES string of the molecule is O=C(c1coc(-c2ccc(CNC(=O)C(F)(F)c3cccs3)cc2)n1)N1CCC(O)CC1. The summed E-state index contributed by atoms with van der Waals surface area (Å²) >= 11 is 0.826. The lowest BCUT2D eigenvalue weighted by molar-refractivity contribution is -0.146. The molecule has 32 heavy (non-hydrogen) atoms. The van der Waals surface area contributed by atoms with Gasteiger partial charge in [-0.2, -0.15) is 8.78 Å². The maximum Gasteiger partial charge on any atom is 0.358 e. The van der Waals surface area contributed by atoms with E-state index in [1.54, 1.807) is 29.2 Å². The van der Waals surface area contributed by atoms with Gasteiger partial charge in [0.05, 0.1) is 11.0 Å². The molecule has 0 radical (unpaired) electrons. The smallest absolute Gasteiger partial charge is 0.358 e. The second-order valence-corrected chi connectivity index (χ2v) is 8.44. The number of halogens is 2. The summed E-state index contributed by atoms with van der Waals surface area (Å²) in [5, 5.41) is 13.3. The summed E-state index contributed by atoms with van der Waals surface area (Å²) in [6.07, 6.45) is 1.99. The molecule has 2 N–H and O–H groups in total. The number of alkyl halides is 2. The molecule has 0 saturated carbocycles. The topological polar surface area (TPSA) is 95.7 Å². The van der Waals surface area contributed by atoms with Crippen LogP contribution >= 0.6 is 11.3 Å². The van der Waals surface area contributed by atoms with Gasteiger partial charge in [-0.3, -0.25) is 9.59 Å². The molecule has 2 aromatic heterocycles. The Hall–Kier alpha value is -3.11. The van der Waals surface area contributed by atoms with Gasteiger partial charge in [0.1, 0.15) is 6.26 Å². The van der Waals surface area contributed by atoms with Crippen molar-refractivity contribution >= 4 is 23.2 Å². The molecule has 0 aliphatic carbocycles. The van der Waals surface area contributed by atoms with Crippen LogP contribution < -0.4 is 5.32 Å². The number of carbonyl (C=O) groups is 2. The van der Waals surface area contributed by atoms with Crippen molar-refractivity contribution in [2.24, 2.45) is 0 Å². The number of aliphatic hydroxyl groups excluding tert-OH is 1. The average molecular weight is 461 g/mol. The van der Waals surface area contributed by atoms with Gasteiger partial charge in [0, 0.05) is 25.2 Å². The van der Waals surface area contributed by atoms with E-state index >= 15 is 0 Å². The van der Waals surface area contributed by atoms with Crippen LogP contribution in [0.4, 0.5) is 8.78 Å². The Morgan fingerprint density at radius 3 is 2.59 bits per heavy atom. The van der Waals surface area contributed by atoms with Crippen LogP contribution in [-0.2, 0) is 17.3 Å². The Bertz CT molecular complexity index is 1080. The summed E-state index contributed by atoms with van der Waals surface area (Å²) in [5.41, 5.74) is 1.42. The second-order valence-electron chi connectivity index (χ2n) is 7.49. The van der Waals surface area contributed by atoms with E-state index in [2.05, 4.69) is 10.3 Å². The predicted molar refractivity (Wildman–Crippen MR) is 113 cm³/mol. The molecule has 4 rings (SSSR count). The summed E-state index contributed by atoms with van der Waals surface area (Å²) in [5.74, 6) is -4.94. The number of amides is 2. The highest BCUT2D eigenvalue weighted by Gasteiger charge is 2.41. The number of benzene rings is 1. The number of hydrogen-bond acceptors (Lipinski definition) is 6. The van der Waals surface area contributed by atoms with Crippen LogP contribution in [0.1, 0.15) is 33.8 Å². The zero-order valence-corrected chi connectivity index (χ0v) is 17.8. The lowest BCUT2D eigenvalue weighted by Crippen LogP contribution is -2.40. The molecule has 0 unspecified atom stereocenters. The number of rotatable bonds is 6. The number of hydrogen-bond donors (Lipinski definition) is 2. The van der Waals surface area contributed by atoms with Gasteiger partial charge in [0.2, 0.25) is 5.89 Å². The minimum Gasteiger partial charge on any atom is -0.444 e. The van der Waals surface area contributed by atoms with E-state index in [9.17, 15) is 23.5 Å². The molecule has 3 aromatic rings. The fourth-order valence-corrected chi connectivity index (χ4v) is 4.06. The third kappa shape index (κ3) is 4.71. The maximum atomic E-state index is 14.1. The van der Waals surface area contributed by atoms with Crippen LogP contribution in [-0.4, -0.2) is 46.0 Å². The highest BCUT2D eigenvalue weighted by atomic mass is 32.1. The first-order valence-corrected chi connectivity index (χ1v) is 10.9. The summed E-state index contributed by atoms with van der Waals surface area (Å²) in [6.45, 7) is 0.874. The van der Waals surface area contributed by atoms with Crippen molar-refractivity contribution in [1.29, 1.82) is 0 Å². The van der Waals surface area contributed by atoms with E-state index in [0.29, 0.717) is 37.1 Å². The molecule has 0 spiro atoms. The van der Waals surface area contributed by atoms with Gasteiger partial charge in [0.25, 0.3) is 11.8 Å². The predicted octanol–water partition coefficient (Wildman–Crippen LogP) is 3.41. The summed E-state index contributed by atoms with van der Waals surface area (Å²) in [7, 11) is 0. The number of carbonyl (C=O) groups excluding carboxylic acids is 2. The van der Waals surface area contributed by atoms with E-state index in [-0.39, 0.29) is 35.0 Å². The number of oxazole rings is 1. The van der Waals surface area contributed by atoms with E-state index in [4.69, 9.17) is 4.42 Å². The zero-order chi connectivity index (χ0) is 22.7. The Kier molecular flexibility index (Phi) is 6.33. The molecule has 10 heteroatoms. The molecule has 1 aliphatic heterocycles.